The molecule has 0 spiro atoms. The van der Waals surface area contributed by atoms with Crippen molar-refractivity contribution in [3.63, 3.8) is 0 Å². The Bertz CT molecular complexity index is 1240. The normalized spacial score (nSPS) is 15.8. The Kier molecular flexibility index (Phi) is 5.89. The van der Waals surface area contributed by atoms with Crippen LogP contribution in [0.15, 0.2) is 77.3 Å². The molecule has 32 heavy (non-hydrogen) atoms. The average Bonchev–Trinajstić information content (AvgIpc) is 2.80. The molecule has 2 heterocycles. The number of benzene rings is 3. The minimum atomic E-state index is -0.702. The van der Waals surface area contributed by atoms with Gasteiger partial charge in [0.15, 0.2) is 5.82 Å². The van der Waals surface area contributed by atoms with Crippen LogP contribution in [0.5, 0.6) is 0 Å². The van der Waals surface area contributed by atoms with E-state index in [1.165, 1.54) is 5.56 Å². The molecule has 6 heteroatoms. The van der Waals surface area contributed by atoms with Gasteiger partial charge in [0.2, 0.25) is 0 Å². The van der Waals surface area contributed by atoms with Crippen LogP contribution in [0.1, 0.15) is 18.4 Å². The summed E-state index contributed by atoms with van der Waals surface area (Å²) >= 11 is 9.81. The van der Waals surface area contributed by atoms with Crippen molar-refractivity contribution in [1.29, 1.82) is 0 Å². The second kappa shape index (κ2) is 8.81. The molecule has 4 nitrogen and oxygen atoms in total. The number of fused-ring (bicyclic) bond motifs is 1. The number of halogens is 2. The van der Waals surface area contributed by atoms with E-state index in [4.69, 9.17) is 21.6 Å². The van der Waals surface area contributed by atoms with Gasteiger partial charge in [0.1, 0.15) is 5.82 Å². The molecule has 5 rings (SSSR count). The Labute approximate surface area is 201 Å². The van der Waals surface area contributed by atoms with E-state index in [1.54, 1.807) is 0 Å². The first kappa shape index (κ1) is 21.4. The third kappa shape index (κ3) is 4.51. The topological polar surface area (TPSA) is 49.2 Å². The number of rotatable bonds is 4. The fourth-order valence-electron chi connectivity index (χ4n) is 4.34. The molecule has 0 amide bonds. The Morgan fingerprint density at radius 1 is 0.938 bits per heavy atom. The van der Waals surface area contributed by atoms with Crippen LogP contribution in [-0.4, -0.2) is 33.8 Å². The van der Waals surface area contributed by atoms with E-state index in [1.807, 2.05) is 60.7 Å². The molecule has 1 aromatic heterocycles. The maximum Gasteiger partial charge on any atom is 0.162 e. The highest BCUT2D eigenvalue weighted by atomic mass is 79.9. The van der Waals surface area contributed by atoms with Gasteiger partial charge in [0, 0.05) is 40.0 Å². The van der Waals surface area contributed by atoms with Crippen molar-refractivity contribution in [2.75, 3.05) is 18.0 Å². The third-order valence-electron chi connectivity index (χ3n) is 6.11. The quantitative estimate of drug-likeness (QED) is 0.352. The third-order valence-corrected chi connectivity index (χ3v) is 6.87. The van der Waals surface area contributed by atoms with Gasteiger partial charge in [-0.1, -0.05) is 70.0 Å². The number of aliphatic hydroxyl groups is 1. The first-order valence-electron chi connectivity index (χ1n) is 10.7. The lowest BCUT2D eigenvalue weighted by molar-refractivity contribution is 0.0165. The lowest BCUT2D eigenvalue weighted by atomic mass is 9.85. The van der Waals surface area contributed by atoms with Crippen LogP contribution in [-0.2, 0) is 6.42 Å². The summed E-state index contributed by atoms with van der Waals surface area (Å²) in [6.07, 6.45) is 2.03. The van der Waals surface area contributed by atoms with E-state index in [0.29, 0.717) is 30.1 Å². The van der Waals surface area contributed by atoms with E-state index in [2.05, 4.69) is 33.0 Å². The van der Waals surface area contributed by atoms with Crippen molar-refractivity contribution in [2.45, 2.75) is 24.9 Å². The van der Waals surface area contributed by atoms with Crippen molar-refractivity contribution in [3.8, 4) is 11.4 Å². The van der Waals surface area contributed by atoms with E-state index in [9.17, 15) is 5.11 Å². The zero-order chi connectivity index (χ0) is 22.1. The zero-order valence-corrected chi connectivity index (χ0v) is 19.9. The fraction of sp³-hybridized carbons (Fsp3) is 0.231. The number of anilines is 1. The molecule has 1 N–H and O–H groups in total. The van der Waals surface area contributed by atoms with Crippen LogP contribution in [0.4, 0.5) is 5.82 Å². The second-order valence-electron chi connectivity index (χ2n) is 8.41. The highest BCUT2D eigenvalue weighted by Crippen LogP contribution is 2.34. The highest BCUT2D eigenvalue weighted by molar-refractivity contribution is 9.10. The zero-order valence-electron chi connectivity index (χ0n) is 17.5. The van der Waals surface area contributed by atoms with Gasteiger partial charge in [-0.15, -0.1) is 0 Å². The molecular weight excluding hydrogens is 486 g/mol. The molecule has 162 valence electrons. The smallest absolute Gasteiger partial charge is 0.162 e. The first-order chi connectivity index (χ1) is 15.5. The van der Waals surface area contributed by atoms with Gasteiger partial charge in [-0.3, -0.25) is 0 Å². The van der Waals surface area contributed by atoms with E-state index >= 15 is 0 Å². The minimum Gasteiger partial charge on any atom is -0.389 e. The lowest BCUT2D eigenvalue weighted by Gasteiger charge is -2.39. The molecule has 0 radical (unpaired) electrons. The maximum atomic E-state index is 11.2. The summed E-state index contributed by atoms with van der Waals surface area (Å²) in [4.78, 5) is 12.0. The van der Waals surface area contributed by atoms with Crippen molar-refractivity contribution >= 4 is 44.3 Å². The van der Waals surface area contributed by atoms with Crippen molar-refractivity contribution < 1.29 is 5.11 Å². The monoisotopic (exact) mass is 507 g/mol. The van der Waals surface area contributed by atoms with Crippen LogP contribution in [0, 0.1) is 0 Å². The predicted molar refractivity (Wildman–Crippen MR) is 134 cm³/mol. The number of aromatic nitrogens is 2. The van der Waals surface area contributed by atoms with Crippen molar-refractivity contribution in [1.82, 2.24) is 9.97 Å². The van der Waals surface area contributed by atoms with E-state index < -0.39 is 5.60 Å². The summed E-state index contributed by atoms with van der Waals surface area (Å²) in [5.41, 5.74) is 2.29. The largest absolute Gasteiger partial charge is 0.389 e. The Balaban J connectivity index is 1.46. The van der Waals surface area contributed by atoms with Gasteiger partial charge >= 0.3 is 0 Å². The van der Waals surface area contributed by atoms with Crippen LogP contribution in [0.3, 0.4) is 0 Å². The number of hydrogen-bond donors (Lipinski definition) is 1. The van der Waals surface area contributed by atoms with Gasteiger partial charge < -0.3 is 10.0 Å². The standard InChI is InChI=1S/C26H23BrClN3O/c27-20-8-6-19(7-9-20)24-29-23-11-10-21(28)16-22(23)25(30-24)31-14-12-26(32,13-15-31)17-18-4-2-1-3-5-18/h1-11,16,32H,12-15,17H2. The molecule has 0 bridgehead atoms. The second-order valence-corrected chi connectivity index (χ2v) is 9.77. The molecule has 1 fully saturated rings. The van der Waals surface area contributed by atoms with Gasteiger partial charge in [-0.05, 0) is 48.7 Å². The number of nitrogens with zero attached hydrogens (tertiary/aromatic N) is 3. The molecule has 1 aliphatic rings. The molecule has 1 saturated heterocycles. The molecular formula is C26H23BrClN3O. The Morgan fingerprint density at radius 3 is 2.38 bits per heavy atom. The molecule has 1 aliphatic heterocycles. The minimum absolute atomic E-state index is 0.663. The van der Waals surface area contributed by atoms with Crippen LogP contribution >= 0.6 is 27.5 Å². The molecule has 0 unspecified atom stereocenters. The SMILES string of the molecule is OC1(Cc2ccccc2)CCN(c2nc(-c3ccc(Br)cc3)nc3ccc(Cl)cc23)CC1. The molecule has 0 atom stereocenters. The molecule has 0 saturated carbocycles. The van der Waals surface area contributed by atoms with Gasteiger partial charge in [0.25, 0.3) is 0 Å². The number of piperidine rings is 1. The summed E-state index contributed by atoms with van der Waals surface area (Å²) in [6.45, 7) is 1.45. The van der Waals surface area contributed by atoms with Crippen LogP contribution in [0.2, 0.25) is 5.02 Å². The summed E-state index contributed by atoms with van der Waals surface area (Å²) in [5.74, 6) is 1.56. The summed E-state index contributed by atoms with van der Waals surface area (Å²) < 4.78 is 1.02. The number of hydrogen-bond acceptors (Lipinski definition) is 4. The Morgan fingerprint density at radius 2 is 1.66 bits per heavy atom. The molecule has 4 aromatic rings. The molecule has 3 aromatic carbocycles. The predicted octanol–water partition coefficient (Wildman–Crippen LogP) is 6.29. The van der Waals surface area contributed by atoms with E-state index in [0.717, 1.165) is 39.8 Å². The van der Waals surface area contributed by atoms with E-state index in [-0.39, 0.29) is 0 Å². The maximum absolute atomic E-state index is 11.2. The first-order valence-corrected chi connectivity index (χ1v) is 11.9. The lowest BCUT2D eigenvalue weighted by Crippen LogP contribution is -2.46. The highest BCUT2D eigenvalue weighted by Gasteiger charge is 2.33. The van der Waals surface area contributed by atoms with Gasteiger partial charge in [-0.25, -0.2) is 9.97 Å². The van der Waals surface area contributed by atoms with Gasteiger partial charge in [0.05, 0.1) is 11.1 Å². The summed E-state index contributed by atoms with van der Waals surface area (Å²) in [6, 6.07) is 24.0. The average molecular weight is 509 g/mol. The summed E-state index contributed by atoms with van der Waals surface area (Å²) in [7, 11) is 0. The van der Waals surface area contributed by atoms with Crippen molar-refractivity contribution in [2.24, 2.45) is 0 Å². The molecule has 0 aliphatic carbocycles. The van der Waals surface area contributed by atoms with Crippen LogP contribution < -0.4 is 4.90 Å². The van der Waals surface area contributed by atoms with Crippen LogP contribution in [0.25, 0.3) is 22.3 Å². The van der Waals surface area contributed by atoms with Gasteiger partial charge in [-0.2, -0.15) is 0 Å². The summed E-state index contributed by atoms with van der Waals surface area (Å²) in [5, 5.41) is 12.8. The van der Waals surface area contributed by atoms with Crippen molar-refractivity contribution in [3.05, 3.63) is 87.9 Å². The fourth-order valence-corrected chi connectivity index (χ4v) is 4.78. The Hall–Kier alpha value is -2.47.